The Morgan fingerprint density at radius 1 is 1.38 bits per heavy atom. The minimum Gasteiger partial charge on any atom is -0.491 e. The van der Waals surface area contributed by atoms with Gasteiger partial charge in [-0.2, -0.15) is 0 Å². The number of nitrogens with one attached hydrogen (secondary N) is 1. The van der Waals surface area contributed by atoms with Crippen molar-refractivity contribution in [3.63, 3.8) is 0 Å². The summed E-state index contributed by atoms with van der Waals surface area (Å²) in [5.41, 5.74) is 1.03. The number of ether oxygens (including phenoxy) is 2. The van der Waals surface area contributed by atoms with E-state index in [0.717, 1.165) is 11.3 Å². The van der Waals surface area contributed by atoms with Gasteiger partial charge in [0, 0.05) is 0 Å². The summed E-state index contributed by atoms with van der Waals surface area (Å²) in [5.74, 6) is 0.837. The van der Waals surface area contributed by atoms with Gasteiger partial charge in [0.1, 0.15) is 12.4 Å². The summed E-state index contributed by atoms with van der Waals surface area (Å²) < 4.78 is 10.4. The molecule has 0 spiro atoms. The van der Waals surface area contributed by atoms with Crippen molar-refractivity contribution in [1.29, 1.82) is 0 Å². The third-order valence-electron chi connectivity index (χ3n) is 2.33. The topological polar surface area (TPSA) is 47.6 Å². The van der Waals surface area contributed by atoms with Gasteiger partial charge in [-0.25, -0.2) is 4.79 Å². The quantitative estimate of drug-likeness (QED) is 0.851. The Hall–Kier alpha value is -1.71. The van der Waals surface area contributed by atoms with Crippen molar-refractivity contribution in [2.75, 3.05) is 6.61 Å². The fourth-order valence-electron chi connectivity index (χ4n) is 1.62. The van der Waals surface area contributed by atoms with Crippen LogP contribution in [0.2, 0.25) is 0 Å². The van der Waals surface area contributed by atoms with Gasteiger partial charge in [-0.05, 0) is 31.5 Å². The van der Waals surface area contributed by atoms with Crippen molar-refractivity contribution in [2.24, 2.45) is 0 Å². The molecule has 1 N–H and O–H groups in total. The van der Waals surface area contributed by atoms with E-state index in [-0.39, 0.29) is 18.2 Å². The molecule has 1 atom stereocenters. The number of hydrogen-bond donors (Lipinski definition) is 1. The fraction of sp³-hybridized carbons (Fsp3) is 0.417. The molecule has 1 amide bonds. The van der Waals surface area contributed by atoms with Crippen molar-refractivity contribution in [3.05, 3.63) is 29.8 Å². The lowest BCUT2D eigenvalue weighted by Gasteiger charge is -2.11. The summed E-state index contributed by atoms with van der Waals surface area (Å²) in [6, 6.07) is 7.65. The Morgan fingerprint density at radius 3 is 2.56 bits per heavy atom. The highest BCUT2D eigenvalue weighted by Gasteiger charge is 2.23. The maximum Gasteiger partial charge on any atom is 0.407 e. The second-order valence-corrected chi connectivity index (χ2v) is 4.03. The predicted octanol–water partition coefficient (Wildman–Crippen LogP) is 2.25. The summed E-state index contributed by atoms with van der Waals surface area (Å²) in [7, 11) is 0. The molecule has 2 rings (SSSR count). The van der Waals surface area contributed by atoms with Gasteiger partial charge in [-0.1, -0.05) is 12.1 Å². The predicted molar refractivity (Wildman–Crippen MR) is 59.4 cm³/mol. The van der Waals surface area contributed by atoms with Crippen LogP contribution in [0.4, 0.5) is 4.79 Å². The number of carbonyl (C=O) groups is 1. The zero-order valence-electron chi connectivity index (χ0n) is 9.40. The van der Waals surface area contributed by atoms with Gasteiger partial charge in [-0.3, -0.25) is 0 Å². The van der Waals surface area contributed by atoms with Crippen molar-refractivity contribution in [1.82, 2.24) is 5.32 Å². The maximum atomic E-state index is 10.9. The Morgan fingerprint density at radius 2 is 2.06 bits per heavy atom. The lowest BCUT2D eigenvalue weighted by atomic mass is 10.1. The number of carbonyl (C=O) groups excluding carboxylic acids is 1. The number of alkyl carbamates (subject to hydrolysis) is 1. The van der Waals surface area contributed by atoms with Gasteiger partial charge in [0.15, 0.2) is 0 Å². The molecule has 16 heavy (non-hydrogen) atoms. The summed E-state index contributed by atoms with van der Waals surface area (Å²) in [6.45, 7) is 4.36. The van der Waals surface area contributed by atoms with E-state index in [4.69, 9.17) is 9.47 Å². The number of amides is 1. The summed E-state index contributed by atoms with van der Waals surface area (Å²) in [6.07, 6.45) is -0.187. The van der Waals surface area contributed by atoms with Gasteiger partial charge in [-0.15, -0.1) is 0 Å². The molecule has 86 valence electrons. The smallest absolute Gasteiger partial charge is 0.407 e. The molecule has 4 nitrogen and oxygen atoms in total. The lowest BCUT2D eigenvalue weighted by Crippen LogP contribution is -2.18. The second-order valence-electron chi connectivity index (χ2n) is 4.03. The summed E-state index contributed by atoms with van der Waals surface area (Å²) in [5, 5.41) is 2.73. The third-order valence-corrected chi connectivity index (χ3v) is 2.33. The number of benzene rings is 1. The molecule has 1 heterocycles. The SMILES string of the molecule is CC(C)Oc1ccc([C@H]2COC(=O)N2)cc1. The number of rotatable bonds is 3. The van der Waals surface area contributed by atoms with Crippen LogP contribution in [0.5, 0.6) is 5.75 Å². The first kappa shape index (κ1) is 10.8. The second kappa shape index (κ2) is 4.43. The normalized spacial score (nSPS) is 19.4. The van der Waals surface area contributed by atoms with Gasteiger partial charge in [0.05, 0.1) is 12.1 Å². The largest absolute Gasteiger partial charge is 0.491 e. The van der Waals surface area contributed by atoms with Crippen LogP contribution in [-0.4, -0.2) is 18.8 Å². The molecule has 0 unspecified atom stereocenters. The standard InChI is InChI=1S/C12H15NO3/c1-8(2)16-10-5-3-9(4-6-10)11-7-15-12(14)13-11/h3-6,8,11H,7H2,1-2H3,(H,13,14)/t11-/m1/s1. The van der Waals surface area contributed by atoms with E-state index in [1.54, 1.807) is 0 Å². The Bertz CT molecular complexity index is 372. The maximum absolute atomic E-state index is 10.9. The van der Waals surface area contributed by atoms with E-state index in [9.17, 15) is 4.79 Å². The van der Waals surface area contributed by atoms with Crippen molar-refractivity contribution in [2.45, 2.75) is 26.0 Å². The molecule has 1 aromatic rings. The molecule has 0 radical (unpaired) electrons. The van der Waals surface area contributed by atoms with Gasteiger partial charge < -0.3 is 14.8 Å². The zero-order chi connectivity index (χ0) is 11.5. The van der Waals surface area contributed by atoms with Crippen LogP contribution in [0.1, 0.15) is 25.5 Å². The molecule has 1 saturated heterocycles. The lowest BCUT2D eigenvalue weighted by molar-refractivity contribution is 0.177. The first-order valence-corrected chi connectivity index (χ1v) is 5.35. The van der Waals surface area contributed by atoms with E-state index in [2.05, 4.69) is 5.32 Å². The van der Waals surface area contributed by atoms with Crippen LogP contribution in [0, 0.1) is 0 Å². The fourth-order valence-corrected chi connectivity index (χ4v) is 1.62. The Kier molecular flexibility index (Phi) is 2.99. The Labute approximate surface area is 94.6 Å². The number of cyclic esters (lactones) is 1. The van der Waals surface area contributed by atoms with E-state index in [1.165, 1.54) is 0 Å². The minimum absolute atomic E-state index is 0.0411. The third kappa shape index (κ3) is 2.45. The summed E-state index contributed by atoms with van der Waals surface area (Å²) in [4.78, 5) is 10.9. The molecule has 1 aliphatic heterocycles. The van der Waals surface area contributed by atoms with E-state index in [1.807, 2.05) is 38.1 Å². The molecule has 1 aliphatic rings. The van der Waals surface area contributed by atoms with Gasteiger partial charge >= 0.3 is 6.09 Å². The highest BCUT2D eigenvalue weighted by Crippen LogP contribution is 2.21. The highest BCUT2D eigenvalue weighted by atomic mass is 16.6. The van der Waals surface area contributed by atoms with Crippen LogP contribution in [0.25, 0.3) is 0 Å². The average molecular weight is 221 g/mol. The molecule has 4 heteroatoms. The molecule has 0 saturated carbocycles. The molecular weight excluding hydrogens is 206 g/mol. The number of hydrogen-bond acceptors (Lipinski definition) is 3. The molecule has 1 fully saturated rings. The molecular formula is C12H15NO3. The minimum atomic E-state index is -0.354. The van der Waals surface area contributed by atoms with Crippen molar-refractivity contribution in [3.8, 4) is 5.75 Å². The highest BCUT2D eigenvalue weighted by molar-refractivity contribution is 5.70. The summed E-state index contributed by atoms with van der Waals surface area (Å²) >= 11 is 0. The molecule has 0 aromatic heterocycles. The van der Waals surface area contributed by atoms with E-state index in [0.29, 0.717) is 6.61 Å². The molecule has 0 aliphatic carbocycles. The van der Waals surface area contributed by atoms with Gasteiger partial charge in [0.25, 0.3) is 0 Å². The first-order chi connectivity index (χ1) is 7.65. The van der Waals surface area contributed by atoms with Crippen LogP contribution in [-0.2, 0) is 4.74 Å². The van der Waals surface area contributed by atoms with Crippen LogP contribution in [0.3, 0.4) is 0 Å². The molecule has 1 aromatic carbocycles. The van der Waals surface area contributed by atoms with Crippen LogP contribution in [0.15, 0.2) is 24.3 Å². The van der Waals surface area contributed by atoms with Crippen LogP contribution < -0.4 is 10.1 Å². The molecule has 0 bridgehead atoms. The van der Waals surface area contributed by atoms with Gasteiger partial charge in [0.2, 0.25) is 0 Å². The monoisotopic (exact) mass is 221 g/mol. The Balaban J connectivity index is 2.04. The average Bonchev–Trinajstić information content (AvgIpc) is 2.65. The van der Waals surface area contributed by atoms with E-state index >= 15 is 0 Å². The zero-order valence-corrected chi connectivity index (χ0v) is 9.40. The first-order valence-electron chi connectivity index (χ1n) is 5.35. The van der Waals surface area contributed by atoms with Crippen LogP contribution >= 0.6 is 0 Å². The van der Waals surface area contributed by atoms with Crippen molar-refractivity contribution >= 4 is 6.09 Å². The van der Waals surface area contributed by atoms with E-state index < -0.39 is 0 Å². The van der Waals surface area contributed by atoms with Crippen molar-refractivity contribution < 1.29 is 14.3 Å².